The van der Waals surface area contributed by atoms with Crippen LogP contribution in [0.3, 0.4) is 0 Å². The van der Waals surface area contributed by atoms with Crippen LogP contribution in [0.1, 0.15) is 33.6 Å². The number of amides is 1. The number of nitrogens with zero attached hydrogens (tertiary/aromatic N) is 1. The van der Waals surface area contributed by atoms with Gasteiger partial charge in [0.25, 0.3) is 0 Å². The van der Waals surface area contributed by atoms with Gasteiger partial charge in [0, 0.05) is 13.2 Å². The van der Waals surface area contributed by atoms with Crippen molar-refractivity contribution in [2.75, 3.05) is 19.8 Å². The zero-order chi connectivity index (χ0) is 13.1. The Balaban J connectivity index is 2.81. The van der Waals surface area contributed by atoms with E-state index in [0.29, 0.717) is 13.2 Å². The molecule has 1 rings (SSSR count). The average molecular weight is 243 g/mol. The van der Waals surface area contributed by atoms with Crippen LogP contribution in [-0.4, -0.2) is 47.7 Å². The molecule has 1 N–H and O–H groups in total. The molecule has 0 aromatic rings. The van der Waals surface area contributed by atoms with Gasteiger partial charge in [-0.25, -0.2) is 4.79 Å². The van der Waals surface area contributed by atoms with E-state index in [2.05, 4.69) is 0 Å². The molecule has 1 heterocycles. The number of rotatable bonds is 4. The van der Waals surface area contributed by atoms with Crippen molar-refractivity contribution in [3.63, 3.8) is 0 Å². The summed E-state index contributed by atoms with van der Waals surface area (Å²) in [5.74, 6) is -1.16. The van der Waals surface area contributed by atoms with Crippen LogP contribution in [0.2, 0.25) is 0 Å². The summed E-state index contributed by atoms with van der Waals surface area (Å²) in [5.41, 5.74) is -0.383. The topological polar surface area (TPSA) is 66.8 Å². The van der Waals surface area contributed by atoms with Gasteiger partial charge in [0.15, 0.2) is 0 Å². The van der Waals surface area contributed by atoms with Gasteiger partial charge in [0.05, 0.1) is 0 Å². The molecular formula is C12H21NO4. The van der Waals surface area contributed by atoms with E-state index in [1.54, 1.807) is 0 Å². The number of hydrogen-bond donors (Lipinski definition) is 1. The van der Waals surface area contributed by atoms with Crippen LogP contribution < -0.4 is 0 Å². The van der Waals surface area contributed by atoms with E-state index in [1.165, 1.54) is 4.90 Å². The standard InChI is InChI=1S/C12H21NO4/c1-4-17-8-9(14)13-7-5-6-12(2,3)10(13)11(15)16/h10H,4-8H2,1-3H3,(H,15,16). The molecule has 1 unspecified atom stereocenters. The van der Waals surface area contributed by atoms with Crippen molar-refractivity contribution < 1.29 is 19.4 Å². The molecule has 1 amide bonds. The zero-order valence-corrected chi connectivity index (χ0v) is 10.7. The predicted octanol–water partition coefficient (Wildman–Crippen LogP) is 1.12. The summed E-state index contributed by atoms with van der Waals surface area (Å²) < 4.78 is 5.06. The first kappa shape index (κ1) is 14.0. The fourth-order valence-electron chi connectivity index (χ4n) is 2.40. The first-order chi connectivity index (χ1) is 7.90. The largest absolute Gasteiger partial charge is 0.480 e. The minimum atomic E-state index is -0.931. The second-order valence-electron chi connectivity index (χ2n) is 5.06. The van der Waals surface area contributed by atoms with Gasteiger partial charge in [-0.2, -0.15) is 0 Å². The van der Waals surface area contributed by atoms with E-state index in [0.717, 1.165) is 12.8 Å². The summed E-state index contributed by atoms with van der Waals surface area (Å²) in [7, 11) is 0. The van der Waals surface area contributed by atoms with Gasteiger partial charge in [-0.15, -0.1) is 0 Å². The third kappa shape index (κ3) is 3.19. The van der Waals surface area contributed by atoms with Crippen molar-refractivity contribution >= 4 is 11.9 Å². The Labute approximate surface area is 102 Å². The third-order valence-corrected chi connectivity index (χ3v) is 3.26. The van der Waals surface area contributed by atoms with Crippen LogP contribution in [0, 0.1) is 5.41 Å². The van der Waals surface area contributed by atoms with E-state index in [4.69, 9.17) is 4.74 Å². The number of likely N-dealkylation sites (tertiary alicyclic amines) is 1. The van der Waals surface area contributed by atoms with Gasteiger partial charge in [0.1, 0.15) is 12.6 Å². The molecule has 0 bridgehead atoms. The highest BCUT2D eigenvalue weighted by Crippen LogP contribution is 2.35. The fraction of sp³-hybridized carbons (Fsp3) is 0.833. The van der Waals surface area contributed by atoms with Gasteiger partial charge in [0.2, 0.25) is 5.91 Å². The normalized spacial score (nSPS) is 23.5. The Morgan fingerprint density at radius 3 is 2.65 bits per heavy atom. The molecule has 1 fully saturated rings. The molecule has 1 aliphatic heterocycles. The molecule has 98 valence electrons. The Kier molecular flexibility index (Phi) is 4.51. The smallest absolute Gasteiger partial charge is 0.326 e. The van der Waals surface area contributed by atoms with Crippen molar-refractivity contribution in [2.45, 2.75) is 39.7 Å². The second kappa shape index (κ2) is 5.49. The molecule has 5 heteroatoms. The molecule has 1 aliphatic rings. The fourth-order valence-corrected chi connectivity index (χ4v) is 2.40. The van der Waals surface area contributed by atoms with Crippen molar-refractivity contribution in [1.82, 2.24) is 4.90 Å². The highest BCUT2D eigenvalue weighted by Gasteiger charge is 2.44. The van der Waals surface area contributed by atoms with Crippen LogP contribution >= 0.6 is 0 Å². The highest BCUT2D eigenvalue weighted by atomic mass is 16.5. The molecule has 5 nitrogen and oxygen atoms in total. The third-order valence-electron chi connectivity index (χ3n) is 3.26. The maximum Gasteiger partial charge on any atom is 0.326 e. The number of piperidine rings is 1. The lowest BCUT2D eigenvalue weighted by Crippen LogP contribution is -2.57. The lowest BCUT2D eigenvalue weighted by Gasteiger charge is -2.43. The van der Waals surface area contributed by atoms with Crippen LogP contribution in [0.5, 0.6) is 0 Å². The van der Waals surface area contributed by atoms with Crippen molar-refractivity contribution in [3.05, 3.63) is 0 Å². The van der Waals surface area contributed by atoms with E-state index in [9.17, 15) is 14.7 Å². The average Bonchev–Trinajstić information content (AvgIpc) is 2.23. The quantitative estimate of drug-likeness (QED) is 0.803. The van der Waals surface area contributed by atoms with Crippen molar-refractivity contribution in [1.29, 1.82) is 0 Å². The lowest BCUT2D eigenvalue weighted by atomic mass is 9.76. The molecule has 0 radical (unpaired) electrons. The molecule has 0 spiro atoms. The monoisotopic (exact) mass is 243 g/mol. The van der Waals surface area contributed by atoms with Crippen LogP contribution in [-0.2, 0) is 14.3 Å². The Morgan fingerprint density at radius 1 is 1.47 bits per heavy atom. The Hall–Kier alpha value is -1.10. The number of carbonyl (C=O) groups is 2. The first-order valence-corrected chi connectivity index (χ1v) is 6.00. The number of carboxylic acid groups (broad SMARTS) is 1. The van der Waals surface area contributed by atoms with Crippen molar-refractivity contribution in [3.8, 4) is 0 Å². The number of aliphatic carboxylic acids is 1. The van der Waals surface area contributed by atoms with E-state index >= 15 is 0 Å². The van der Waals surface area contributed by atoms with Gasteiger partial charge in [-0.1, -0.05) is 13.8 Å². The molecular weight excluding hydrogens is 222 g/mol. The minimum absolute atomic E-state index is 0.0314. The SMILES string of the molecule is CCOCC(=O)N1CCCC(C)(C)C1C(=O)O. The molecule has 1 atom stereocenters. The Morgan fingerprint density at radius 2 is 2.12 bits per heavy atom. The van der Waals surface area contributed by atoms with Gasteiger partial charge >= 0.3 is 5.97 Å². The van der Waals surface area contributed by atoms with Crippen LogP contribution in [0.25, 0.3) is 0 Å². The van der Waals surface area contributed by atoms with Gasteiger partial charge in [-0.3, -0.25) is 4.79 Å². The Bertz CT molecular complexity index is 301. The van der Waals surface area contributed by atoms with E-state index < -0.39 is 12.0 Å². The minimum Gasteiger partial charge on any atom is -0.480 e. The molecule has 0 aliphatic carbocycles. The summed E-state index contributed by atoms with van der Waals surface area (Å²) in [5, 5.41) is 9.28. The maximum absolute atomic E-state index is 11.9. The van der Waals surface area contributed by atoms with Crippen molar-refractivity contribution in [2.24, 2.45) is 5.41 Å². The van der Waals surface area contributed by atoms with Gasteiger partial charge in [-0.05, 0) is 25.2 Å². The summed E-state index contributed by atoms with van der Waals surface area (Å²) >= 11 is 0. The van der Waals surface area contributed by atoms with Crippen LogP contribution in [0.15, 0.2) is 0 Å². The van der Waals surface area contributed by atoms with E-state index in [-0.39, 0.29) is 17.9 Å². The van der Waals surface area contributed by atoms with Gasteiger partial charge < -0.3 is 14.7 Å². The predicted molar refractivity (Wildman–Crippen MR) is 62.6 cm³/mol. The molecule has 0 aromatic carbocycles. The zero-order valence-electron chi connectivity index (χ0n) is 10.7. The van der Waals surface area contributed by atoms with E-state index in [1.807, 2.05) is 20.8 Å². The van der Waals surface area contributed by atoms with Crippen LogP contribution in [0.4, 0.5) is 0 Å². The highest BCUT2D eigenvalue weighted by molar-refractivity contribution is 5.85. The number of carboxylic acids is 1. The number of hydrogen-bond acceptors (Lipinski definition) is 3. The molecule has 1 saturated heterocycles. The second-order valence-corrected chi connectivity index (χ2v) is 5.06. The molecule has 17 heavy (non-hydrogen) atoms. The first-order valence-electron chi connectivity index (χ1n) is 6.00. The number of carbonyl (C=O) groups excluding carboxylic acids is 1. The molecule has 0 aromatic heterocycles. The summed E-state index contributed by atoms with van der Waals surface area (Å²) in [6.07, 6.45) is 1.66. The lowest BCUT2D eigenvalue weighted by molar-refractivity contribution is -0.160. The summed E-state index contributed by atoms with van der Waals surface area (Å²) in [6.45, 7) is 6.53. The summed E-state index contributed by atoms with van der Waals surface area (Å²) in [4.78, 5) is 24.7. The number of ether oxygens (including phenoxy) is 1. The maximum atomic E-state index is 11.9. The molecule has 0 saturated carbocycles. The summed E-state index contributed by atoms with van der Waals surface area (Å²) in [6, 6.07) is -0.746.